The molecule has 1 saturated carbocycles. The molecule has 4 atom stereocenters. The molecule has 3 nitrogen and oxygen atoms in total. The summed E-state index contributed by atoms with van der Waals surface area (Å²) in [5, 5.41) is 0. The Bertz CT molecular complexity index is 271. The van der Waals surface area contributed by atoms with E-state index < -0.39 is 0 Å². The maximum absolute atomic E-state index is 6.26. The second-order valence-electron chi connectivity index (χ2n) is 6.30. The molecule has 0 aromatic carbocycles. The van der Waals surface area contributed by atoms with E-state index in [0.717, 1.165) is 25.6 Å². The highest BCUT2D eigenvalue weighted by atomic mass is 16.5. The molecule has 2 rings (SSSR count). The lowest BCUT2D eigenvalue weighted by Gasteiger charge is -2.55. The van der Waals surface area contributed by atoms with Gasteiger partial charge >= 0.3 is 0 Å². The van der Waals surface area contributed by atoms with Crippen molar-refractivity contribution in [2.45, 2.75) is 70.6 Å². The first kappa shape index (κ1) is 14.3. The third-order valence-corrected chi connectivity index (χ3v) is 5.20. The highest BCUT2D eigenvalue weighted by Crippen LogP contribution is 2.41. The molecule has 1 heterocycles. The highest BCUT2D eigenvalue weighted by Gasteiger charge is 2.46. The minimum absolute atomic E-state index is 0.241. The number of hydrogen-bond acceptors (Lipinski definition) is 3. The van der Waals surface area contributed by atoms with Crippen molar-refractivity contribution in [1.29, 1.82) is 0 Å². The van der Waals surface area contributed by atoms with Gasteiger partial charge in [-0.25, -0.2) is 0 Å². The Labute approximate surface area is 112 Å². The number of ether oxygens (including phenoxy) is 1. The van der Waals surface area contributed by atoms with Gasteiger partial charge in [-0.3, -0.25) is 4.90 Å². The topological polar surface area (TPSA) is 38.5 Å². The molecule has 2 N–H and O–H groups in total. The zero-order valence-corrected chi connectivity index (χ0v) is 12.3. The summed E-state index contributed by atoms with van der Waals surface area (Å²) in [7, 11) is 0. The van der Waals surface area contributed by atoms with Gasteiger partial charge in [0.25, 0.3) is 0 Å². The van der Waals surface area contributed by atoms with Crippen molar-refractivity contribution >= 4 is 0 Å². The number of nitrogens with two attached hydrogens (primary N) is 1. The van der Waals surface area contributed by atoms with Crippen molar-refractivity contribution in [3.8, 4) is 0 Å². The molecule has 0 amide bonds. The third-order valence-electron chi connectivity index (χ3n) is 5.20. The van der Waals surface area contributed by atoms with Crippen LogP contribution in [0.2, 0.25) is 0 Å². The van der Waals surface area contributed by atoms with Crippen LogP contribution in [0.3, 0.4) is 0 Å². The summed E-state index contributed by atoms with van der Waals surface area (Å²) in [4.78, 5) is 2.69. The van der Waals surface area contributed by atoms with Crippen molar-refractivity contribution in [1.82, 2.24) is 4.90 Å². The molecule has 0 aromatic heterocycles. The molecule has 4 unspecified atom stereocenters. The average Bonchev–Trinajstić information content (AvgIpc) is 2.41. The van der Waals surface area contributed by atoms with Crippen molar-refractivity contribution in [3.63, 3.8) is 0 Å². The standard InChI is InChI=1S/C15H30N2O/c1-4-14-7-5-6-8-15(14,11-16)17-9-13(3)18-10-12(17)2/h12-14H,4-11,16H2,1-3H3. The molecule has 1 saturated heterocycles. The molecule has 0 radical (unpaired) electrons. The van der Waals surface area contributed by atoms with Crippen LogP contribution in [0.4, 0.5) is 0 Å². The Morgan fingerprint density at radius 3 is 2.78 bits per heavy atom. The SMILES string of the molecule is CCC1CCCCC1(CN)N1CC(C)OCC1C. The fourth-order valence-electron chi connectivity index (χ4n) is 4.17. The molecule has 106 valence electrons. The van der Waals surface area contributed by atoms with E-state index in [1.54, 1.807) is 0 Å². The largest absolute Gasteiger partial charge is 0.376 e. The van der Waals surface area contributed by atoms with Gasteiger partial charge in [-0.2, -0.15) is 0 Å². The summed E-state index contributed by atoms with van der Waals surface area (Å²) in [6, 6.07) is 0.511. The Hall–Kier alpha value is -0.120. The summed E-state index contributed by atoms with van der Waals surface area (Å²) in [5.41, 5.74) is 6.50. The Balaban J connectivity index is 2.22. The van der Waals surface area contributed by atoms with Crippen LogP contribution in [0.1, 0.15) is 52.9 Å². The van der Waals surface area contributed by atoms with Gasteiger partial charge in [0.15, 0.2) is 0 Å². The van der Waals surface area contributed by atoms with Crippen LogP contribution in [0.5, 0.6) is 0 Å². The van der Waals surface area contributed by atoms with Crippen LogP contribution >= 0.6 is 0 Å². The van der Waals surface area contributed by atoms with Crippen LogP contribution in [-0.2, 0) is 4.74 Å². The molecule has 2 fully saturated rings. The number of morpholine rings is 1. The van der Waals surface area contributed by atoms with Gasteiger partial charge in [-0.1, -0.05) is 26.2 Å². The molecule has 0 bridgehead atoms. The summed E-state index contributed by atoms with van der Waals surface area (Å²) in [6.45, 7) is 9.53. The molecule has 0 spiro atoms. The van der Waals surface area contributed by atoms with Crippen molar-refractivity contribution in [2.75, 3.05) is 19.7 Å². The van der Waals surface area contributed by atoms with Crippen LogP contribution in [0, 0.1) is 5.92 Å². The lowest BCUT2D eigenvalue weighted by Crippen LogP contribution is -2.66. The molecular formula is C15H30N2O. The maximum atomic E-state index is 6.26. The van der Waals surface area contributed by atoms with E-state index in [4.69, 9.17) is 10.5 Å². The predicted octanol–water partition coefficient (Wildman–Crippen LogP) is 2.39. The lowest BCUT2D eigenvalue weighted by atomic mass is 9.69. The Morgan fingerprint density at radius 1 is 1.33 bits per heavy atom. The second-order valence-corrected chi connectivity index (χ2v) is 6.30. The summed E-state index contributed by atoms with van der Waals surface area (Å²) < 4.78 is 5.79. The second kappa shape index (κ2) is 5.89. The number of hydrogen-bond donors (Lipinski definition) is 1. The first-order valence-electron chi connectivity index (χ1n) is 7.72. The normalized spacial score (nSPS) is 43.0. The van der Waals surface area contributed by atoms with Gasteiger partial charge in [0.1, 0.15) is 0 Å². The molecule has 2 aliphatic rings. The third kappa shape index (κ3) is 2.45. The number of rotatable bonds is 3. The Kier molecular flexibility index (Phi) is 4.68. The van der Waals surface area contributed by atoms with Gasteiger partial charge in [0.2, 0.25) is 0 Å². The highest BCUT2D eigenvalue weighted by molar-refractivity contribution is 5.02. The van der Waals surface area contributed by atoms with Gasteiger partial charge in [-0.15, -0.1) is 0 Å². The van der Waals surface area contributed by atoms with E-state index in [1.165, 1.54) is 32.1 Å². The monoisotopic (exact) mass is 254 g/mol. The molecule has 1 aliphatic heterocycles. The molecule has 18 heavy (non-hydrogen) atoms. The van der Waals surface area contributed by atoms with E-state index in [0.29, 0.717) is 12.1 Å². The van der Waals surface area contributed by atoms with Crippen LogP contribution in [-0.4, -0.2) is 42.3 Å². The summed E-state index contributed by atoms with van der Waals surface area (Å²) in [6.07, 6.45) is 6.96. The van der Waals surface area contributed by atoms with Gasteiger partial charge in [-0.05, 0) is 32.6 Å². The van der Waals surface area contributed by atoms with E-state index in [1.807, 2.05) is 0 Å². The first-order valence-corrected chi connectivity index (χ1v) is 7.72. The summed E-state index contributed by atoms with van der Waals surface area (Å²) in [5.74, 6) is 0.768. The van der Waals surface area contributed by atoms with Gasteiger partial charge < -0.3 is 10.5 Å². The predicted molar refractivity (Wildman–Crippen MR) is 75.6 cm³/mol. The lowest BCUT2D eigenvalue weighted by molar-refractivity contribution is -0.118. The smallest absolute Gasteiger partial charge is 0.0675 e. The first-order chi connectivity index (χ1) is 8.64. The fraction of sp³-hybridized carbons (Fsp3) is 1.00. The molecule has 0 aromatic rings. The zero-order valence-electron chi connectivity index (χ0n) is 12.3. The van der Waals surface area contributed by atoms with E-state index >= 15 is 0 Å². The van der Waals surface area contributed by atoms with Crippen molar-refractivity contribution in [3.05, 3.63) is 0 Å². The van der Waals surface area contributed by atoms with Crippen LogP contribution in [0.15, 0.2) is 0 Å². The quantitative estimate of drug-likeness (QED) is 0.840. The van der Waals surface area contributed by atoms with Crippen molar-refractivity contribution < 1.29 is 4.74 Å². The van der Waals surface area contributed by atoms with Crippen molar-refractivity contribution in [2.24, 2.45) is 11.7 Å². The average molecular weight is 254 g/mol. The van der Waals surface area contributed by atoms with Crippen LogP contribution < -0.4 is 5.73 Å². The maximum Gasteiger partial charge on any atom is 0.0675 e. The minimum atomic E-state index is 0.241. The van der Waals surface area contributed by atoms with Gasteiger partial charge in [0.05, 0.1) is 12.7 Å². The molecule has 3 heteroatoms. The van der Waals surface area contributed by atoms with E-state index in [2.05, 4.69) is 25.7 Å². The number of nitrogens with zero attached hydrogens (tertiary/aromatic N) is 1. The molecular weight excluding hydrogens is 224 g/mol. The molecule has 1 aliphatic carbocycles. The summed E-state index contributed by atoms with van der Waals surface area (Å²) >= 11 is 0. The van der Waals surface area contributed by atoms with Gasteiger partial charge in [0, 0.05) is 24.7 Å². The Morgan fingerprint density at radius 2 is 2.11 bits per heavy atom. The fourth-order valence-corrected chi connectivity index (χ4v) is 4.17. The van der Waals surface area contributed by atoms with E-state index in [-0.39, 0.29) is 5.54 Å². The minimum Gasteiger partial charge on any atom is -0.376 e. The van der Waals surface area contributed by atoms with E-state index in [9.17, 15) is 0 Å². The van der Waals surface area contributed by atoms with Crippen LogP contribution in [0.25, 0.3) is 0 Å². The zero-order chi connectivity index (χ0) is 13.2.